The van der Waals surface area contributed by atoms with Crippen LogP contribution in [0.1, 0.15) is 71.3 Å². The molecule has 1 amide bonds. The number of hydrogen-bond donors (Lipinski definition) is 1. The number of hydrogen-bond acceptors (Lipinski definition) is 6. The SMILES string of the molecule is CC(=O)NCC1CC(=O)C2=C(C1)O[C@@H]1C(=C2)CC[C@@]2(C)[C@H]1CC(C)(OC(C)=O)[C@@H]2c1ccc2cnccc2c1. The molecule has 6 rings (SSSR count). The van der Waals surface area contributed by atoms with Gasteiger partial charge in [-0.1, -0.05) is 25.1 Å². The zero-order chi connectivity index (χ0) is 27.5. The van der Waals surface area contributed by atoms with Crippen molar-refractivity contribution >= 4 is 28.4 Å². The summed E-state index contributed by atoms with van der Waals surface area (Å²) in [5.74, 6) is 0.584. The number of ketones is 1. The first-order valence-corrected chi connectivity index (χ1v) is 14.0. The first-order chi connectivity index (χ1) is 18.6. The van der Waals surface area contributed by atoms with Crippen LogP contribution in [0.2, 0.25) is 0 Å². The van der Waals surface area contributed by atoms with Gasteiger partial charge in [0, 0.05) is 62.8 Å². The highest BCUT2D eigenvalue weighted by Crippen LogP contribution is 2.66. The van der Waals surface area contributed by atoms with Crippen molar-refractivity contribution in [1.29, 1.82) is 0 Å². The molecule has 39 heavy (non-hydrogen) atoms. The molecule has 7 nitrogen and oxygen atoms in total. The van der Waals surface area contributed by atoms with Gasteiger partial charge in [-0.05, 0) is 66.2 Å². The van der Waals surface area contributed by atoms with E-state index in [1.165, 1.54) is 19.4 Å². The molecule has 2 heterocycles. The molecule has 2 unspecified atom stereocenters. The minimum atomic E-state index is -0.699. The van der Waals surface area contributed by atoms with Crippen LogP contribution >= 0.6 is 0 Å². The molecule has 204 valence electrons. The summed E-state index contributed by atoms with van der Waals surface area (Å²) in [4.78, 5) is 41.2. The molecule has 4 aliphatic rings. The fourth-order valence-corrected chi connectivity index (χ4v) is 8.07. The maximum absolute atomic E-state index is 13.1. The van der Waals surface area contributed by atoms with Gasteiger partial charge in [0.2, 0.25) is 5.91 Å². The molecule has 1 N–H and O–H groups in total. The van der Waals surface area contributed by atoms with Crippen LogP contribution in [0.15, 0.2) is 59.6 Å². The summed E-state index contributed by atoms with van der Waals surface area (Å²) >= 11 is 0. The number of nitrogens with one attached hydrogen (secondary N) is 1. The Labute approximate surface area is 229 Å². The molecule has 7 heteroatoms. The minimum absolute atomic E-state index is 0.0162. The van der Waals surface area contributed by atoms with Crippen LogP contribution in [0.4, 0.5) is 0 Å². The van der Waals surface area contributed by atoms with Crippen LogP contribution < -0.4 is 5.32 Å². The van der Waals surface area contributed by atoms with Crippen LogP contribution in [-0.4, -0.2) is 40.9 Å². The Kier molecular flexibility index (Phi) is 6.16. The fraction of sp³-hybridized carbons (Fsp3) is 0.500. The molecule has 0 radical (unpaired) electrons. The van der Waals surface area contributed by atoms with E-state index in [1.54, 1.807) is 6.20 Å². The second kappa shape index (κ2) is 9.32. The molecule has 3 aliphatic carbocycles. The fourth-order valence-electron chi connectivity index (χ4n) is 8.07. The molecule has 0 spiro atoms. The van der Waals surface area contributed by atoms with Crippen molar-refractivity contribution in [3.05, 3.63) is 65.2 Å². The lowest BCUT2D eigenvalue weighted by molar-refractivity contribution is -0.157. The largest absolute Gasteiger partial charge is 0.489 e. The predicted molar refractivity (Wildman–Crippen MR) is 146 cm³/mol. The molecule has 1 aromatic carbocycles. The summed E-state index contributed by atoms with van der Waals surface area (Å²) in [5.41, 5.74) is 2.15. The second-order valence-electron chi connectivity index (χ2n) is 12.4. The van der Waals surface area contributed by atoms with Crippen LogP contribution in [0.25, 0.3) is 10.8 Å². The van der Waals surface area contributed by atoms with E-state index in [0.717, 1.165) is 34.9 Å². The number of fused-ring (bicyclic) bond motifs is 4. The number of allylic oxidation sites excluding steroid dienone is 3. The normalized spacial score (nSPS) is 33.4. The van der Waals surface area contributed by atoms with Gasteiger partial charge in [-0.2, -0.15) is 0 Å². The number of rotatable bonds is 4. The lowest BCUT2D eigenvalue weighted by atomic mass is 9.60. The first-order valence-electron chi connectivity index (χ1n) is 14.0. The third-order valence-electron chi connectivity index (χ3n) is 9.59. The van der Waals surface area contributed by atoms with Crippen molar-refractivity contribution < 1.29 is 23.9 Å². The summed E-state index contributed by atoms with van der Waals surface area (Å²) < 4.78 is 12.9. The van der Waals surface area contributed by atoms with Crippen LogP contribution in [0.5, 0.6) is 0 Å². The highest BCUT2D eigenvalue weighted by atomic mass is 16.6. The van der Waals surface area contributed by atoms with E-state index in [-0.39, 0.29) is 46.9 Å². The zero-order valence-electron chi connectivity index (χ0n) is 23.1. The van der Waals surface area contributed by atoms with Gasteiger partial charge in [0.15, 0.2) is 5.78 Å². The van der Waals surface area contributed by atoms with E-state index in [9.17, 15) is 14.4 Å². The topological polar surface area (TPSA) is 94.6 Å². The van der Waals surface area contributed by atoms with E-state index < -0.39 is 5.60 Å². The summed E-state index contributed by atoms with van der Waals surface area (Å²) in [6.45, 7) is 7.84. The summed E-state index contributed by atoms with van der Waals surface area (Å²) in [7, 11) is 0. The molecular formula is C32H36N2O5. The van der Waals surface area contributed by atoms with Gasteiger partial charge in [0.25, 0.3) is 0 Å². The lowest BCUT2D eigenvalue weighted by Crippen LogP contribution is -2.44. The average molecular weight is 529 g/mol. The Morgan fingerprint density at radius 2 is 1.97 bits per heavy atom. The highest BCUT2D eigenvalue weighted by molar-refractivity contribution is 6.00. The first kappa shape index (κ1) is 25.8. The van der Waals surface area contributed by atoms with Crippen molar-refractivity contribution in [3.8, 4) is 0 Å². The number of Topliss-reactive ketones (excluding diaryl/α,β-unsaturated/α-hetero) is 1. The highest BCUT2D eigenvalue weighted by Gasteiger charge is 2.64. The number of ether oxygens (including phenoxy) is 2. The van der Waals surface area contributed by atoms with Crippen LogP contribution in [0.3, 0.4) is 0 Å². The van der Waals surface area contributed by atoms with Gasteiger partial charge in [0.05, 0.1) is 5.57 Å². The quantitative estimate of drug-likeness (QED) is 0.552. The van der Waals surface area contributed by atoms with E-state index in [0.29, 0.717) is 31.4 Å². The number of carbonyl (C=O) groups is 3. The smallest absolute Gasteiger partial charge is 0.303 e. The number of aromatic nitrogens is 1. The Balaban J connectivity index is 1.36. The molecule has 2 aromatic rings. The predicted octanol–water partition coefficient (Wildman–Crippen LogP) is 5.15. The van der Waals surface area contributed by atoms with E-state index in [1.807, 2.05) is 12.3 Å². The van der Waals surface area contributed by atoms with E-state index in [2.05, 4.69) is 48.4 Å². The number of carbonyl (C=O) groups excluding carboxylic acids is 3. The lowest BCUT2D eigenvalue weighted by Gasteiger charge is -2.48. The van der Waals surface area contributed by atoms with Crippen LogP contribution in [-0.2, 0) is 23.9 Å². The Morgan fingerprint density at radius 1 is 1.15 bits per heavy atom. The number of amides is 1. The monoisotopic (exact) mass is 528 g/mol. The second-order valence-corrected chi connectivity index (χ2v) is 12.4. The minimum Gasteiger partial charge on any atom is -0.489 e. The molecular weight excluding hydrogens is 492 g/mol. The summed E-state index contributed by atoms with van der Waals surface area (Å²) in [6, 6.07) is 8.50. The van der Waals surface area contributed by atoms with Gasteiger partial charge < -0.3 is 14.8 Å². The van der Waals surface area contributed by atoms with E-state index in [4.69, 9.17) is 9.47 Å². The molecule has 1 aromatic heterocycles. The molecule has 6 atom stereocenters. The molecule has 0 saturated heterocycles. The third-order valence-corrected chi connectivity index (χ3v) is 9.59. The number of nitrogens with zero attached hydrogens (tertiary/aromatic N) is 1. The summed E-state index contributed by atoms with van der Waals surface area (Å²) in [6.07, 6.45) is 9.07. The van der Waals surface area contributed by atoms with Crippen LogP contribution in [0, 0.1) is 17.3 Å². The van der Waals surface area contributed by atoms with Gasteiger partial charge in [-0.25, -0.2) is 0 Å². The maximum Gasteiger partial charge on any atom is 0.303 e. The van der Waals surface area contributed by atoms with Crippen molar-refractivity contribution in [3.63, 3.8) is 0 Å². The average Bonchev–Trinajstić information content (AvgIpc) is 3.12. The standard InChI is InChI=1S/C32H36N2O5/c1-18(35)34-16-20-11-27(37)25-14-22-7-9-31(3)26(29(22)38-28(25)12-20)15-32(4,39-19(2)36)30(31)23-5-6-24-17-33-10-8-21(24)13-23/h5-6,8,10,13-14,17,20,26,29-30H,7,9,11-12,15-16H2,1-4H3,(H,34,35)/t20?,26-,29+,30+,31-,32?/m0/s1. The van der Waals surface area contributed by atoms with Gasteiger partial charge >= 0.3 is 5.97 Å². The Bertz CT molecular complexity index is 1440. The third kappa shape index (κ3) is 4.36. The van der Waals surface area contributed by atoms with Crippen molar-refractivity contribution in [1.82, 2.24) is 10.3 Å². The number of pyridine rings is 1. The van der Waals surface area contributed by atoms with Crippen molar-refractivity contribution in [2.75, 3.05) is 6.54 Å². The number of benzene rings is 1. The van der Waals surface area contributed by atoms with E-state index >= 15 is 0 Å². The van der Waals surface area contributed by atoms with Gasteiger partial charge in [-0.3, -0.25) is 19.4 Å². The Morgan fingerprint density at radius 3 is 2.74 bits per heavy atom. The van der Waals surface area contributed by atoms with Gasteiger partial charge in [0.1, 0.15) is 17.5 Å². The van der Waals surface area contributed by atoms with Gasteiger partial charge in [-0.15, -0.1) is 0 Å². The summed E-state index contributed by atoms with van der Waals surface area (Å²) in [5, 5.41) is 5.05. The van der Waals surface area contributed by atoms with Crippen molar-refractivity contribution in [2.45, 2.75) is 77.4 Å². The van der Waals surface area contributed by atoms with Crippen molar-refractivity contribution in [2.24, 2.45) is 17.3 Å². The Hall–Kier alpha value is -3.48. The maximum atomic E-state index is 13.1. The molecule has 0 bridgehead atoms. The molecule has 2 fully saturated rings. The molecule has 2 saturated carbocycles. The molecule has 1 aliphatic heterocycles. The zero-order valence-corrected chi connectivity index (χ0v) is 23.1. The number of esters is 1.